The van der Waals surface area contributed by atoms with Crippen LogP contribution in [0.5, 0.6) is 5.75 Å². The fourth-order valence-corrected chi connectivity index (χ4v) is 4.19. The molecule has 0 spiro atoms. The normalized spacial score (nSPS) is 19.7. The first-order chi connectivity index (χ1) is 14.0. The first-order valence-electron chi connectivity index (χ1n) is 10.2. The number of rotatable bonds is 4. The van der Waals surface area contributed by atoms with E-state index in [1.807, 2.05) is 11.1 Å². The SMILES string of the molecule is COc1ccc(CC(=O)N2CCC[C@H](c3ncc4c(n3)CCN(C)C4)C2)cc1F. The van der Waals surface area contributed by atoms with E-state index in [1.165, 1.54) is 18.7 Å². The maximum Gasteiger partial charge on any atom is 0.227 e. The van der Waals surface area contributed by atoms with Crippen molar-refractivity contribution in [2.45, 2.75) is 38.1 Å². The lowest BCUT2D eigenvalue weighted by atomic mass is 9.96. The minimum absolute atomic E-state index is 0.0128. The van der Waals surface area contributed by atoms with Crippen molar-refractivity contribution in [2.24, 2.45) is 0 Å². The smallest absolute Gasteiger partial charge is 0.227 e. The molecule has 0 bridgehead atoms. The van der Waals surface area contributed by atoms with Crippen molar-refractivity contribution in [2.75, 3.05) is 33.8 Å². The van der Waals surface area contributed by atoms with Crippen LogP contribution in [-0.4, -0.2) is 59.5 Å². The van der Waals surface area contributed by atoms with Crippen LogP contribution in [0.3, 0.4) is 0 Å². The van der Waals surface area contributed by atoms with E-state index in [4.69, 9.17) is 9.72 Å². The van der Waals surface area contributed by atoms with Gasteiger partial charge in [0.15, 0.2) is 11.6 Å². The van der Waals surface area contributed by atoms with E-state index in [0.29, 0.717) is 12.1 Å². The van der Waals surface area contributed by atoms with Gasteiger partial charge in [-0.3, -0.25) is 4.79 Å². The molecule has 2 aliphatic heterocycles. The number of ether oxygens (including phenoxy) is 1. The fourth-order valence-electron chi connectivity index (χ4n) is 4.19. The zero-order valence-electron chi connectivity index (χ0n) is 17.0. The van der Waals surface area contributed by atoms with Gasteiger partial charge >= 0.3 is 0 Å². The summed E-state index contributed by atoms with van der Waals surface area (Å²) in [6, 6.07) is 4.68. The van der Waals surface area contributed by atoms with Crippen molar-refractivity contribution < 1.29 is 13.9 Å². The Balaban J connectivity index is 1.43. The van der Waals surface area contributed by atoms with Gasteiger partial charge in [-0.2, -0.15) is 0 Å². The molecule has 1 atom stereocenters. The average molecular weight is 398 g/mol. The second-order valence-corrected chi connectivity index (χ2v) is 8.01. The molecule has 1 aromatic heterocycles. The van der Waals surface area contributed by atoms with Crippen LogP contribution in [0, 0.1) is 5.82 Å². The number of fused-ring (bicyclic) bond motifs is 1. The first-order valence-corrected chi connectivity index (χ1v) is 10.2. The number of carbonyl (C=O) groups excluding carboxylic acids is 1. The summed E-state index contributed by atoms with van der Waals surface area (Å²) in [6.45, 7) is 3.25. The molecule has 0 unspecified atom stereocenters. The van der Waals surface area contributed by atoms with Gasteiger partial charge in [0.2, 0.25) is 5.91 Å². The van der Waals surface area contributed by atoms with E-state index in [0.717, 1.165) is 50.4 Å². The zero-order chi connectivity index (χ0) is 20.4. The van der Waals surface area contributed by atoms with Gasteiger partial charge in [-0.1, -0.05) is 6.07 Å². The van der Waals surface area contributed by atoms with Crippen LogP contribution in [0.4, 0.5) is 4.39 Å². The number of methoxy groups -OCH3 is 1. The number of piperidine rings is 1. The van der Waals surface area contributed by atoms with Crippen LogP contribution in [0.15, 0.2) is 24.4 Å². The maximum absolute atomic E-state index is 13.9. The van der Waals surface area contributed by atoms with Gasteiger partial charge in [-0.25, -0.2) is 14.4 Å². The first kappa shape index (κ1) is 19.8. The third-order valence-corrected chi connectivity index (χ3v) is 5.85. The van der Waals surface area contributed by atoms with Crippen molar-refractivity contribution in [1.29, 1.82) is 0 Å². The standard InChI is InChI=1S/C22H27FN4O2/c1-26-9-7-19-17(13-26)12-24-22(25-19)16-4-3-8-27(14-16)21(28)11-15-5-6-20(29-2)18(23)10-15/h5-6,10,12,16H,3-4,7-9,11,13-14H2,1-2H3/t16-/m0/s1. The highest BCUT2D eigenvalue weighted by molar-refractivity contribution is 5.79. The highest BCUT2D eigenvalue weighted by Crippen LogP contribution is 2.27. The van der Waals surface area contributed by atoms with Crippen LogP contribution >= 0.6 is 0 Å². The predicted octanol–water partition coefficient (Wildman–Crippen LogP) is 2.56. The number of likely N-dealkylation sites (N-methyl/N-ethyl adjacent to an activating group) is 1. The second-order valence-electron chi connectivity index (χ2n) is 8.01. The molecule has 0 saturated carbocycles. The molecule has 2 aliphatic rings. The average Bonchev–Trinajstić information content (AvgIpc) is 2.73. The monoisotopic (exact) mass is 398 g/mol. The molecule has 0 N–H and O–H groups in total. The lowest BCUT2D eigenvalue weighted by Gasteiger charge is -2.33. The molecule has 2 aromatic rings. The molecule has 1 aromatic carbocycles. The molecule has 3 heterocycles. The molecule has 7 heteroatoms. The second kappa shape index (κ2) is 8.45. The number of carbonyl (C=O) groups is 1. The van der Waals surface area contributed by atoms with Crippen LogP contribution in [0.25, 0.3) is 0 Å². The van der Waals surface area contributed by atoms with Gasteiger partial charge in [0, 0.05) is 56.0 Å². The van der Waals surface area contributed by atoms with Crippen LogP contribution in [0.2, 0.25) is 0 Å². The zero-order valence-corrected chi connectivity index (χ0v) is 17.0. The summed E-state index contributed by atoms with van der Waals surface area (Å²) in [5, 5.41) is 0. The Morgan fingerprint density at radius 2 is 2.21 bits per heavy atom. The maximum atomic E-state index is 13.9. The molecular formula is C22H27FN4O2. The van der Waals surface area contributed by atoms with E-state index >= 15 is 0 Å². The number of nitrogens with zero attached hydrogens (tertiary/aromatic N) is 4. The van der Waals surface area contributed by atoms with E-state index in [2.05, 4.69) is 16.9 Å². The summed E-state index contributed by atoms with van der Waals surface area (Å²) >= 11 is 0. The number of amides is 1. The molecule has 1 fully saturated rings. The highest BCUT2D eigenvalue weighted by Gasteiger charge is 2.27. The number of hydrogen-bond donors (Lipinski definition) is 0. The summed E-state index contributed by atoms with van der Waals surface area (Å²) in [4.78, 5) is 26.4. The lowest BCUT2D eigenvalue weighted by Crippen LogP contribution is -2.40. The van der Waals surface area contributed by atoms with Gasteiger partial charge in [0.05, 0.1) is 13.5 Å². The Kier molecular flexibility index (Phi) is 5.76. The molecular weight excluding hydrogens is 371 g/mol. The summed E-state index contributed by atoms with van der Waals surface area (Å²) in [5.74, 6) is 0.766. The molecule has 6 nitrogen and oxygen atoms in total. The van der Waals surface area contributed by atoms with E-state index in [9.17, 15) is 9.18 Å². The Hall–Kier alpha value is -2.54. The Morgan fingerprint density at radius 1 is 1.34 bits per heavy atom. The minimum Gasteiger partial charge on any atom is -0.494 e. The van der Waals surface area contributed by atoms with E-state index < -0.39 is 5.82 Å². The summed E-state index contributed by atoms with van der Waals surface area (Å²) in [7, 11) is 3.54. The lowest BCUT2D eigenvalue weighted by molar-refractivity contribution is -0.131. The summed E-state index contributed by atoms with van der Waals surface area (Å²) < 4.78 is 18.9. The largest absolute Gasteiger partial charge is 0.494 e. The number of hydrogen-bond acceptors (Lipinski definition) is 5. The Morgan fingerprint density at radius 3 is 3.00 bits per heavy atom. The molecule has 154 valence electrons. The van der Waals surface area contributed by atoms with Crippen molar-refractivity contribution >= 4 is 5.91 Å². The summed E-state index contributed by atoms with van der Waals surface area (Å²) in [5.41, 5.74) is 3.00. The van der Waals surface area contributed by atoms with Crippen molar-refractivity contribution in [1.82, 2.24) is 19.8 Å². The molecule has 0 radical (unpaired) electrons. The van der Waals surface area contributed by atoms with Crippen LogP contribution in [0.1, 0.15) is 41.4 Å². The van der Waals surface area contributed by atoms with Crippen molar-refractivity contribution in [3.63, 3.8) is 0 Å². The van der Waals surface area contributed by atoms with E-state index in [1.54, 1.807) is 12.1 Å². The van der Waals surface area contributed by atoms with Gasteiger partial charge in [0.25, 0.3) is 0 Å². The fraction of sp³-hybridized carbons (Fsp3) is 0.500. The topological polar surface area (TPSA) is 58.6 Å². The summed E-state index contributed by atoms with van der Waals surface area (Å²) in [6.07, 6.45) is 5.00. The quantitative estimate of drug-likeness (QED) is 0.792. The van der Waals surface area contributed by atoms with E-state index in [-0.39, 0.29) is 24.0 Å². The van der Waals surface area contributed by atoms with Gasteiger partial charge in [-0.05, 0) is 37.6 Å². The highest BCUT2D eigenvalue weighted by atomic mass is 19.1. The molecule has 0 aliphatic carbocycles. The van der Waals surface area contributed by atoms with Gasteiger partial charge < -0.3 is 14.5 Å². The van der Waals surface area contributed by atoms with Crippen molar-refractivity contribution in [3.8, 4) is 5.75 Å². The number of benzene rings is 1. The molecule has 29 heavy (non-hydrogen) atoms. The number of aromatic nitrogens is 2. The third-order valence-electron chi connectivity index (χ3n) is 5.85. The van der Waals surface area contributed by atoms with Gasteiger partial charge in [-0.15, -0.1) is 0 Å². The molecule has 4 rings (SSSR count). The van der Waals surface area contributed by atoms with Crippen LogP contribution in [-0.2, 0) is 24.2 Å². The third kappa shape index (κ3) is 4.40. The Labute approximate surface area is 170 Å². The minimum atomic E-state index is -0.442. The van der Waals surface area contributed by atoms with Gasteiger partial charge in [0.1, 0.15) is 5.82 Å². The predicted molar refractivity (Wildman–Crippen MR) is 107 cm³/mol. The number of likely N-dealkylation sites (tertiary alicyclic amines) is 1. The molecule has 1 amide bonds. The molecule has 1 saturated heterocycles. The number of halogens is 1. The Bertz CT molecular complexity index is 904. The van der Waals surface area contributed by atoms with Crippen molar-refractivity contribution in [3.05, 3.63) is 52.9 Å². The van der Waals surface area contributed by atoms with Crippen LogP contribution < -0.4 is 4.74 Å².